The van der Waals surface area contributed by atoms with Gasteiger partial charge in [-0.2, -0.15) is 0 Å². The first kappa shape index (κ1) is 18.2. The number of carbonyl (C=O) groups excluding carboxylic acids is 1. The first-order valence-corrected chi connectivity index (χ1v) is 9.28. The Morgan fingerprint density at radius 1 is 1.00 bits per heavy atom. The topological polar surface area (TPSA) is 46.3 Å². The van der Waals surface area contributed by atoms with Crippen molar-refractivity contribution in [2.75, 3.05) is 6.54 Å². The maximum Gasteiger partial charge on any atom is 0.226 e. The fourth-order valence-corrected chi connectivity index (χ4v) is 4.58. The molecule has 1 aliphatic heterocycles. The Labute approximate surface area is 156 Å². The smallest absolute Gasteiger partial charge is 0.226 e. The van der Waals surface area contributed by atoms with Crippen LogP contribution in [0.25, 0.3) is 10.8 Å². The highest BCUT2D eigenvalue weighted by Gasteiger charge is 2.36. The van der Waals surface area contributed by atoms with Crippen LogP contribution in [0, 0.1) is 5.92 Å². The van der Waals surface area contributed by atoms with Gasteiger partial charge in [0.2, 0.25) is 5.91 Å². The number of carbonyl (C=O) groups is 1. The highest BCUT2D eigenvalue weighted by Crippen LogP contribution is 2.38. The summed E-state index contributed by atoms with van der Waals surface area (Å²) in [5.41, 5.74) is 7.42. The summed E-state index contributed by atoms with van der Waals surface area (Å²) >= 11 is 0. The van der Waals surface area contributed by atoms with Crippen LogP contribution in [0.5, 0.6) is 0 Å². The lowest BCUT2D eigenvalue weighted by Gasteiger charge is -2.33. The fourth-order valence-electron chi connectivity index (χ4n) is 4.58. The van der Waals surface area contributed by atoms with Crippen molar-refractivity contribution in [1.29, 1.82) is 0 Å². The number of amides is 1. The molecule has 25 heavy (non-hydrogen) atoms. The van der Waals surface area contributed by atoms with Crippen molar-refractivity contribution in [3.63, 3.8) is 0 Å². The third-order valence-electron chi connectivity index (χ3n) is 5.78. The number of nitrogens with zero attached hydrogens (tertiary/aromatic N) is 1. The maximum atomic E-state index is 13.1. The number of fused-ring (bicyclic) bond motifs is 1. The van der Waals surface area contributed by atoms with E-state index in [0.29, 0.717) is 5.91 Å². The lowest BCUT2D eigenvalue weighted by atomic mass is 9.85. The molecule has 0 radical (unpaired) electrons. The third-order valence-corrected chi connectivity index (χ3v) is 5.78. The lowest BCUT2D eigenvalue weighted by molar-refractivity contribution is -0.137. The van der Waals surface area contributed by atoms with Crippen LogP contribution in [-0.4, -0.2) is 23.4 Å². The molecule has 2 aromatic carbocycles. The molecule has 2 aromatic rings. The average Bonchev–Trinajstić information content (AvgIpc) is 3.10. The second-order valence-electron chi connectivity index (χ2n) is 7.38. The largest absolute Gasteiger partial charge is 0.335 e. The van der Waals surface area contributed by atoms with E-state index in [2.05, 4.69) is 47.4 Å². The van der Waals surface area contributed by atoms with Crippen molar-refractivity contribution >= 4 is 29.1 Å². The molecule has 4 rings (SSSR count). The van der Waals surface area contributed by atoms with Gasteiger partial charge in [-0.1, -0.05) is 48.9 Å². The van der Waals surface area contributed by atoms with Crippen LogP contribution in [-0.2, 0) is 4.79 Å². The van der Waals surface area contributed by atoms with E-state index in [9.17, 15) is 4.79 Å². The fraction of sp³-hybridized carbons (Fsp3) is 0.476. The Balaban J connectivity index is 0.00000182. The highest BCUT2D eigenvalue weighted by atomic mass is 35.5. The normalized spacial score (nSPS) is 26.4. The molecule has 3 nitrogen and oxygen atoms in total. The monoisotopic (exact) mass is 358 g/mol. The molecule has 2 fully saturated rings. The first-order chi connectivity index (χ1) is 11.7. The molecule has 3 atom stereocenters. The van der Waals surface area contributed by atoms with Gasteiger partial charge >= 0.3 is 0 Å². The van der Waals surface area contributed by atoms with Gasteiger partial charge < -0.3 is 10.6 Å². The maximum absolute atomic E-state index is 13.1. The van der Waals surface area contributed by atoms with E-state index in [-0.39, 0.29) is 30.4 Å². The van der Waals surface area contributed by atoms with Crippen molar-refractivity contribution < 1.29 is 4.79 Å². The summed E-state index contributed by atoms with van der Waals surface area (Å²) < 4.78 is 0. The number of benzene rings is 2. The van der Waals surface area contributed by atoms with Gasteiger partial charge in [0.1, 0.15) is 0 Å². The minimum atomic E-state index is 0. The molecule has 2 aliphatic rings. The van der Waals surface area contributed by atoms with E-state index in [1.807, 2.05) is 0 Å². The molecular weight excluding hydrogens is 332 g/mol. The van der Waals surface area contributed by atoms with Crippen LogP contribution in [0.3, 0.4) is 0 Å². The molecular formula is C21H27ClN2O. The van der Waals surface area contributed by atoms with Gasteiger partial charge in [0.15, 0.2) is 0 Å². The Hall–Kier alpha value is -1.58. The number of likely N-dealkylation sites (tertiary alicyclic amines) is 1. The van der Waals surface area contributed by atoms with Gasteiger partial charge in [0.05, 0.1) is 6.04 Å². The molecule has 1 heterocycles. The lowest BCUT2D eigenvalue weighted by Crippen LogP contribution is -2.40. The van der Waals surface area contributed by atoms with Crippen LogP contribution in [0.4, 0.5) is 0 Å². The summed E-state index contributed by atoms with van der Waals surface area (Å²) in [6.45, 7) is 0.887. The zero-order valence-corrected chi connectivity index (χ0v) is 15.4. The molecule has 0 aromatic heterocycles. The number of rotatable bonds is 2. The van der Waals surface area contributed by atoms with Crippen molar-refractivity contribution in [3.05, 3.63) is 48.0 Å². The van der Waals surface area contributed by atoms with Crippen LogP contribution in [0.2, 0.25) is 0 Å². The molecule has 2 N–H and O–H groups in total. The zero-order valence-electron chi connectivity index (χ0n) is 14.6. The van der Waals surface area contributed by atoms with E-state index in [4.69, 9.17) is 5.73 Å². The quantitative estimate of drug-likeness (QED) is 0.862. The minimum Gasteiger partial charge on any atom is -0.335 e. The molecule has 1 saturated carbocycles. The average molecular weight is 359 g/mol. The third kappa shape index (κ3) is 3.54. The SMILES string of the molecule is Cl.NC1CCCC(C(=O)N2CCCC2c2cccc3ccccc23)C1. The molecule has 134 valence electrons. The molecule has 0 spiro atoms. The first-order valence-electron chi connectivity index (χ1n) is 9.28. The summed E-state index contributed by atoms with van der Waals surface area (Å²) in [7, 11) is 0. The number of nitrogens with two attached hydrogens (primary N) is 1. The number of halogens is 1. The van der Waals surface area contributed by atoms with Gasteiger partial charge in [-0.3, -0.25) is 4.79 Å². The summed E-state index contributed by atoms with van der Waals surface area (Å²) in [6, 6.07) is 15.4. The van der Waals surface area contributed by atoms with Gasteiger partial charge in [0.25, 0.3) is 0 Å². The highest BCUT2D eigenvalue weighted by molar-refractivity contribution is 5.87. The molecule has 3 unspecified atom stereocenters. The number of hydrogen-bond donors (Lipinski definition) is 1. The van der Waals surface area contributed by atoms with E-state index in [0.717, 1.165) is 45.1 Å². The van der Waals surface area contributed by atoms with Gasteiger partial charge in [-0.25, -0.2) is 0 Å². The predicted octanol–water partition coefficient (Wildman–Crippen LogP) is 4.44. The molecule has 1 aliphatic carbocycles. The second kappa shape index (κ2) is 7.76. The molecule has 1 saturated heterocycles. The zero-order chi connectivity index (χ0) is 16.5. The molecule has 0 bridgehead atoms. The van der Waals surface area contributed by atoms with Gasteiger partial charge in [0, 0.05) is 18.5 Å². The van der Waals surface area contributed by atoms with E-state index in [1.165, 1.54) is 16.3 Å². The summed E-state index contributed by atoms with van der Waals surface area (Å²) in [5.74, 6) is 0.463. The van der Waals surface area contributed by atoms with E-state index < -0.39 is 0 Å². The van der Waals surface area contributed by atoms with Crippen molar-refractivity contribution in [3.8, 4) is 0 Å². The number of hydrogen-bond acceptors (Lipinski definition) is 2. The van der Waals surface area contributed by atoms with Crippen molar-refractivity contribution in [2.24, 2.45) is 11.7 Å². The standard InChI is InChI=1S/C21H26N2O.ClH/c22-17-9-3-8-16(14-17)21(24)23-13-5-12-20(23)19-11-4-7-15-6-1-2-10-18(15)19;/h1-2,4,6-7,10-11,16-17,20H,3,5,8-9,12-14,22H2;1H. The van der Waals surface area contributed by atoms with Crippen LogP contribution in [0.1, 0.15) is 50.1 Å². The summed E-state index contributed by atoms with van der Waals surface area (Å²) in [6.07, 6.45) is 6.18. The minimum absolute atomic E-state index is 0. The van der Waals surface area contributed by atoms with Crippen LogP contribution < -0.4 is 5.73 Å². The Kier molecular flexibility index (Phi) is 5.65. The summed E-state index contributed by atoms with van der Waals surface area (Å²) in [5, 5.41) is 2.54. The van der Waals surface area contributed by atoms with Gasteiger partial charge in [-0.15, -0.1) is 12.4 Å². The van der Waals surface area contributed by atoms with E-state index in [1.54, 1.807) is 0 Å². The molecule has 4 heteroatoms. The van der Waals surface area contributed by atoms with Gasteiger partial charge in [-0.05, 0) is 48.4 Å². The van der Waals surface area contributed by atoms with E-state index >= 15 is 0 Å². The Morgan fingerprint density at radius 2 is 1.80 bits per heavy atom. The predicted molar refractivity (Wildman–Crippen MR) is 105 cm³/mol. The van der Waals surface area contributed by atoms with Crippen LogP contribution in [0.15, 0.2) is 42.5 Å². The van der Waals surface area contributed by atoms with Crippen molar-refractivity contribution in [1.82, 2.24) is 4.90 Å². The second-order valence-corrected chi connectivity index (χ2v) is 7.38. The summed E-state index contributed by atoms with van der Waals surface area (Å²) in [4.78, 5) is 15.3. The Morgan fingerprint density at radius 3 is 2.64 bits per heavy atom. The molecule has 1 amide bonds. The Bertz CT molecular complexity index is 742. The van der Waals surface area contributed by atoms with Crippen molar-refractivity contribution in [2.45, 2.75) is 50.6 Å². The van der Waals surface area contributed by atoms with Crippen LogP contribution >= 0.6 is 12.4 Å².